The van der Waals surface area contributed by atoms with Gasteiger partial charge in [-0.15, -0.1) is 0 Å². The predicted octanol–water partition coefficient (Wildman–Crippen LogP) is 4.57. The number of ketones is 2. The molecule has 7 rings (SSSR count). The van der Waals surface area contributed by atoms with Gasteiger partial charge in [-0.1, -0.05) is 49.8 Å². The zero-order valence-corrected chi connectivity index (χ0v) is 24.4. The number of hydrogen-bond acceptors (Lipinski definition) is 8. The van der Waals surface area contributed by atoms with Crippen molar-refractivity contribution < 1.29 is 39.1 Å². The largest absolute Gasteiger partial charge is 0.457 e. The van der Waals surface area contributed by atoms with E-state index in [2.05, 4.69) is 6.92 Å². The van der Waals surface area contributed by atoms with Crippen molar-refractivity contribution in [3.8, 4) is 11.5 Å². The number of carbonyl (C=O) groups is 2. The van der Waals surface area contributed by atoms with Crippen LogP contribution in [0.2, 0.25) is 0 Å². The topological polar surface area (TPSA) is 123 Å². The lowest BCUT2D eigenvalue weighted by Crippen LogP contribution is -2.63. The number of aliphatic hydroxyl groups is 3. The summed E-state index contributed by atoms with van der Waals surface area (Å²) >= 11 is 0. The van der Waals surface area contributed by atoms with Gasteiger partial charge in [-0.25, -0.2) is 0 Å². The molecule has 8 nitrogen and oxygen atoms in total. The molecule has 1 heterocycles. The van der Waals surface area contributed by atoms with Gasteiger partial charge in [0.2, 0.25) is 0 Å². The van der Waals surface area contributed by atoms with Gasteiger partial charge >= 0.3 is 0 Å². The zero-order chi connectivity index (χ0) is 30.1. The summed E-state index contributed by atoms with van der Waals surface area (Å²) in [5.41, 5.74) is 0.0518. The minimum atomic E-state index is -1.39. The Morgan fingerprint density at radius 2 is 1.74 bits per heavy atom. The number of ether oxygens (including phenoxy) is 3. The molecule has 2 aromatic rings. The van der Waals surface area contributed by atoms with Gasteiger partial charge in [0.15, 0.2) is 23.5 Å². The maximum absolute atomic E-state index is 13.7. The van der Waals surface area contributed by atoms with E-state index in [0.717, 1.165) is 29.5 Å². The van der Waals surface area contributed by atoms with E-state index in [0.29, 0.717) is 24.3 Å². The second-order valence-electron chi connectivity index (χ2n) is 13.3. The fourth-order valence-electron chi connectivity index (χ4n) is 9.33. The Balaban J connectivity index is 1.16. The summed E-state index contributed by atoms with van der Waals surface area (Å²) in [6, 6.07) is 14.5. The number of fused-ring (bicyclic) bond motifs is 7. The Morgan fingerprint density at radius 3 is 2.42 bits per heavy atom. The first-order chi connectivity index (χ1) is 20.6. The maximum atomic E-state index is 13.7. The summed E-state index contributed by atoms with van der Waals surface area (Å²) < 4.78 is 19.1. The Kier molecular flexibility index (Phi) is 6.80. The lowest BCUT2D eigenvalue weighted by Gasteiger charge is -2.59. The standard InChI is InChI=1S/C35H38O8/c1-33-14-13-23(38)15-22(33)7-12-26-27-16-30-35(29(40)19-37,34(27,2)17-28(39)31(26)33)43-32(42-30)21-5-10-25(11-6-21)41-24-8-3-20(18-36)4-9-24/h3-6,8-11,13-15,26-28,30-32,36-37,39H,7,12,16-19H2,1-2H3/t26-,27-,28-,30+,31+,32+,33-,34-,35+/m0/s1. The van der Waals surface area contributed by atoms with E-state index < -0.39 is 47.3 Å². The summed E-state index contributed by atoms with van der Waals surface area (Å²) in [6.07, 6.45) is 5.74. The Labute approximate surface area is 251 Å². The number of allylic oxidation sites excluding steroid dienone is 4. The van der Waals surface area contributed by atoms with Crippen molar-refractivity contribution in [2.75, 3.05) is 6.61 Å². The third-order valence-corrected chi connectivity index (χ3v) is 11.3. The molecule has 2 aromatic carbocycles. The van der Waals surface area contributed by atoms with Crippen molar-refractivity contribution in [3.63, 3.8) is 0 Å². The average molecular weight is 587 g/mol. The minimum Gasteiger partial charge on any atom is -0.457 e. The van der Waals surface area contributed by atoms with Gasteiger partial charge in [0, 0.05) is 22.3 Å². The molecule has 9 atom stereocenters. The molecule has 3 N–H and O–H groups in total. The van der Waals surface area contributed by atoms with Crippen LogP contribution in [0.15, 0.2) is 72.3 Å². The van der Waals surface area contributed by atoms with Gasteiger partial charge in [0.25, 0.3) is 0 Å². The summed E-state index contributed by atoms with van der Waals surface area (Å²) in [6.45, 7) is 3.45. The van der Waals surface area contributed by atoms with E-state index in [1.807, 2.05) is 37.3 Å². The predicted molar refractivity (Wildman–Crippen MR) is 156 cm³/mol. The molecule has 226 valence electrons. The van der Waals surface area contributed by atoms with Crippen LogP contribution in [0.25, 0.3) is 0 Å². The van der Waals surface area contributed by atoms with Gasteiger partial charge in [-0.05, 0) is 79.5 Å². The molecule has 1 aliphatic heterocycles. The van der Waals surface area contributed by atoms with Crippen molar-refractivity contribution >= 4 is 11.6 Å². The Bertz CT molecular complexity index is 1490. The SMILES string of the molecule is C[C@]12C=CC(=O)C=C1CC[C@@H]1[C@@H]2[C@@H](O)C[C@@]2(C)[C@H]1C[C@H]1O[C@@H](c3ccc(Oc4ccc(CO)cc4)cc3)O[C@]12C(=O)CO. The molecule has 0 unspecified atom stereocenters. The van der Waals surface area contributed by atoms with E-state index in [4.69, 9.17) is 14.2 Å². The van der Waals surface area contributed by atoms with E-state index >= 15 is 0 Å². The highest BCUT2D eigenvalue weighted by Gasteiger charge is 2.75. The molecular formula is C35H38O8. The summed E-state index contributed by atoms with van der Waals surface area (Å²) in [7, 11) is 0. The molecule has 5 aliphatic rings. The van der Waals surface area contributed by atoms with Crippen molar-refractivity contribution in [2.45, 2.75) is 70.2 Å². The number of benzene rings is 2. The third-order valence-electron chi connectivity index (χ3n) is 11.3. The summed E-state index contributed by atoms with van der Waals surface area (Å²) in [5, 5.41) is 31.3. The van der Waals surface area contributed by atoms with E-state index in [1.165, 1.54) is 0 Å². The second-order valence-corrected chi connectivity index (χ2v) is 13.3. The number of carbonyl (C=O) groups excluding carboxylic acids is 2. The van der Waals surface area contributed by atoms with Crippen LogP contribution in [0.3, 0.4) is 0 Å². The molecule has 1 saturated heterocycles. The van der Waals surface area contributed by atoms with E-state index in [-0.39, 0.29) is 30.1 Å². The smallest absolute Gasteiger partial charge is 0.193 e. The quantitative estimate of drug-likeness (QED) is 0.450. The van der Waals surface area contributed by atoms with Crippen molar-refractivity contribution in [1.29, 1.82) is 0 Å². The highest BCUT2D eigenvalue weighted by Crippen LogP contribution is 2.70. The molecular weight excluding hydrogens is 548 g/mol. The van der Waals surface area contributed by atoms with Gasteiger partial charge in [-0.3, -0.25) is 9.59 Å². The molecule has 0 amide bonds. The molecule has 3 saturated carbocycles. The first kappa shape index (κ1) is 28.6. The lowest BCUT2D eigenvalue weighted by molar-refractivity contribution is -0.201. The fourth-order valence-corrected chi connectivity index (χ4v) is 9.33. The molecule has 0 spiro atoms. The van der Waals surface area contributed by atoms with Crippen molar-refractivity contribution in [1.82, 2.24) is 0 Å². The van der Waals surface area contributed by atoms with Crippen LogP contribution < -0.4 is 4.74 Å². The third kappa shape index (κ3) is 4.15. The monoisotopic (exact) mass is 586 g/mol. The van der Waals surface area contributed by atoms with Gasteiger partial charge in [-0.2, -0.15) is 0 Å². The van der Waals surface area contributed by atoms with Crippen LogP contribution in [0.4, 0.5) is 0 Å². The van der Waals surface area contributed by atoms with Crippen molar-refractivity contribution in [3.05, 3.63) is 83.5 Å². The van der Waals surface area contributed by atoms with Gasteiger partial charge in [0.1, 0.15) is 18.1 Å². The molecule has 4 fully saturated rings. The van der Waals surface area contributed by atoms with Crippen LogP contribution in [0.1, 0.15) is 56.9 Å². The first-order valence-electron chi connectivity index (χ1n) is 15.2. The number of rotatable bonds is 6. The Hall–Kier alpha value is -3.14. The average Bonchev–Trinajstić information content (AvgIpc) is 3.50. The normalized spacial score (nSPS) is 39.4. The highest BCUT2D eigenvalue weighted by molar-refractivity contribution is 6.01. The van der Waals surface area contributed by atoms with Gasteiger partial charge in [0.05, 0.1) is 18.8 Å². The number of Topliss-reactive ketones (excluding diaryl/α,β-unsaturated/α-hetero) is 1. The molecule has 43 heavy (non-hydrogen) atoms. The van der Waals surface area contributed by atoms with E-state index in [9.17, 15) is 24.9 Å². The van der Waals surface area contributed by atoms with Crippen LogP contribution in [-0.4, -0.2) is 51.3 Å². The minimum absolute atomic E-state index is 0.00639. The Morgan fingerprint density at radius 1 is 1.05 bits per heavy atom. The van der Waals surface area contributed by atoms with Crippen LogP contribution >= 0.6 is 0 Å². The van der Waals surface area contributed by atoms with Crippen molar-refractivity contribution in [2.24, 2.45) is 28.6 Å². The molecule has 0 radical (unpaired) electrons. The zero-order valence-electron chi connectivity index (χ0n) is 24.4. The molecule has 8 heteroatoms. The molecule has 0 aromatic heterocycles. The first-order valence-corrected chi connectivity index (χ1v) is 15.2. The second kappa shape index (κ2) is 10.2. The maximum Gasteiger partial charge on any atom is 0.193 e. The summed E-state index contributed by atoms with van der Waals surface area (Å²) in [5.74, 6) is 0.906. The van der Waals surface area contributed by atoms with Gasteiger partial charge < -0.3 is 29.5 Å². The van der Waals surface area contributed by atoms with Crippen LogP contribution in [0, 0.1) is 28.6 Å². The molecule has 4 aliphatic carbocycles. The number of hydrogen-bond donors (Lipinski definition) is 3. The molecule has 0 bridgehead atoms. The summed E-state index contributed by atoms with van der Waals surface area (Å²) in [4.78, 5) is 25.9. The fraction of sp³-hybridized carbons (Fsp3) is 0.486. The van der Waals surface area contributed by atoms with Crippen LogP contribution in [0.5, 0.6) is 11.5 Å². The van der Waals surface area contributed by atoms with Crippen LogP contribution in [-0.2, 0) is 25.7 Å². The van der Waals surface area contributed by atoms with E-state index in [1.54, 1.807) is 36.4 Å². The number of aliphatic hydroxyl groups excluding tert-OH is 3. The highest BCUT2D eigenvalue weighted by atomic mass is 16.7. The lowest BCUT2D eigenvalue weighted by atomic mass is 9.46.